The van der Waals surface area contributed by atoms with Gasteiger partial charge < -0.3 is 19.1 Å². The van der Waals surface area contributed by atoms with Crippen LogP contribution in [0.4, 0.5) is 5.69 Å². The number of Topliss-reactive ketones (excluding diaryl/α,β-unsaturated/α-hetero) is 1. The number of nitrogens with zero attached hydrogens (tertiary/aromatic N) is 5. The molecule has 0 aliphatic carbocycles. The van der Waals surface area contributed by atoms with E-state index >= 15 is 0 Å². The summed E-state index contributed by atoms with van der Waals surface area (Å²) in [6, 6.07) is 5.73. The van der Waals surface area contributed by atoms with E-state index in [4.69, 9.17) is 19.6 Å². The number of rotatable bonds is 10. The molecule has 0 bridgehead atoms. The lowest BCUT2D eigenvalue weighted by Gasteiger charge is -2.33. The Morgan fingerprint density at radius 3 is 2.35 bits per heavy atom. The van der Waals surface area contributed by atoms with Crippen molar-refractivity contribution in [3.8, 4) is 11.6 Å². The average Bonchev–Trinajstić information content (AvgIpc) is 3.23. The first kappa shape index (κ1) is 29.6. The minimum Gasteiger partial charge on any atom is -0.494 e. The summed E-state index contributed by atoms with van der Waals surface area (Å²) in [6.07, 6.45) is 1.77. The van der Waals surface area contributed by atoms with Gasteiger partial charge in [-0.2, -0.15) is 4.52 Å². The number of morpholine rings is 1. The summed E-state index contributed by atoms with van der Waals surface area (Å²) in [7, 11) is 1.68. The van der Waals surface area contributed by atoms with Crippen LogP contribution in [0.1, 0.15) is 88.7 Å². The monoisotopic (exact) mass is 552 g/mol. The fraction of sp³-hybridized carbons (Fsp3) is 0.600. The number of fused-ring (bicyclic) bond motifs is 1. The van der Waals surface area contributed by atoms with Crippen molar-refractivity contribution in [1.82, 2.24) is 19.4 Å². The van der Waals surface area contributed by atoms with Gasteiger partial charge in [-0.25, -0.2) is 4.68 Å². The molecule has 0 unspecified atom stereocenters. The zero-order valence-corrected chi connectivity index (χ0v) is 25.2. The van der Waals surface area contributed by atoms with Gasteiger partial charge in [0.2, 0.25) is 11.5 Å². The van der Waals surface area contributed by atoms with Crippen molar-refractivity contribution in [2.45, 2.75) is 85.3 Å². The number of carbonyl (C=O) groups excluding carboxylic acids is 1. The maximum atomic E-state index is 13.7. The molecule has 1 aromatic carbocycles. The van der Waals surface area contributed by atoms with Crippen LogP contribution in [0.15, 0.2) is 18.2 Å². The summed E-state index contributed by atoms with van der Waals surface area (Å²) in [5.41, 5.74) is 3.62. The standard InChI is InChI=1S/C30H44N6O4/c1-9-21(10-2)40-28-22(19(3)4)17-26-32-35(29(31)36(26)33-28)18-25(37)20-15-23(30(5,6)7)27(38-8)24(16-20)34-11-13-39-14-12-34/h15-17,19,21,31H,9-14,18H2,1-8H3. The summed E-state index contributed by atoms with van der Waals surface area (Å²) in [6.45, 7) is 17.3. The number of nitrogens with one attached hydrogen (secondary N) is 1. The highest BCUT2D eigenvalue weighted by Crippen LogP contribution is 2.40. The van der Waals surface area contributed by atoms with Gasteiger partial charge in [-0.3, -0.25) is 10.2 Å². The normalized spacial score (nSPS) is 14.4. The highest BCUT2D eigenvalue weighted by atomic mass is 16.5. The summed E-state index contributed by atoms with van der Waals surface area (Å²) >= 11 is 0. The molecule has 0 amide bonds. The summed E-state index contributed by atoms with van der Waals surface area (Å²) in [4.78, 5) is 15.9. The van der Waals surface area contributed by atoms with Crippen molar-refractivity contribution in [1.29, 1.82) is 5.41 Å². The van der Waals surface area contributed by atoms with Crippen LogP contribution in [0.2, 0.25) is 0 Å². The Kier molecular flexibility index (Phi) is 8.87. The van der Waals surface area contributed by atoms with Gasteiger partial charge in [-0.05, 0) is 42.4 Å². The number of carbonyl (C=O) groups is 1. The molecule has 1 N–H and O–H groups in total. The van der Waals surface area contributed by atoms with Crippen molar-refractivity contribution in [2.24, 2.45) is 0 Å². The smallest absolute Gasteiger partial charge is 0.242 e. The summed E-state index contributed by atoms with van der Waals surface area (Å²) in [5, 5.41) is 18.0. The van der Waals surface area contributed by atoms with E-state index in [1.165, 1.54) is 9.20 Å². The largest absolute Gasteiger partial charge is 0.494 e. The second kappa shape index (κ2) is 12.0. The first-order valence-electron chi connectivity index (χ1n) is 14.3. The fourth-order valence-corrected chi connectivity index (χ4v) is 5.01. The molecule has 0 atom stereocenters. The van der Waals surface area contributed by atoms with Crippen molar-refractivity contribution in [2.75, 3.05) is 38.3 Å². The SMILES string of the molecule is CCC(CC)Oc1nn2c(=N)n(CC(=O)c3cc(N4CCOCC4)c(OC)c(C(C)(C)C)c3)nc2cc1C(C)C. The fourth-order valence-electron chi connectivity index (χ4n) is 5.01. The van der Waals surface area contributed by atoms with Crippen molar-refractivity contribution >= 4 is 17.1 Å². The van der Waals surface area contributed by atoms with Crippen LogP contribution in [0.3, 0.4) is 0 Å². The Hall–Kier alpha value is -3.40. The number of aromatic nitrogens is 4. The van der Waals surface area contributed by atoms with E-state index in [0.717, 1.165) is 48.5 Å². The van der Waals surface area contributed by atoms with Gasteiger partial charge in [0, 0.05) is 29.8 Å². The number of benzene rings is 1. The molecule has 10 heteroatoms. The Labute approximate surface area is 236 Å². The Morgan fingerprint density at radius 1 is 1.10 bits per heavy atom. The molecule has 1 saturated heterocycles. The lowest BCUT2D eigenvalue weighted by Crippen LogP contribution is -2.37. The van der Waals surface area contributed by atoms with Crippen LogP contribution in [0.5, 0.6) is 11.6 Å². The third kappa shape index (κ3) is 6.01. The second-order valence-corrected chi connectivity index (χ2v) is 11.7. The van der Waals surface area contributed by atoms with E-state index in [1.54, 1.807) is 7.11 Å². The predicted octanol–water partition coefficient (Wildman–Crippen LogP) is 4.73. The number of methoxy groups -OCH3 is 1. The van der Waals surface area contributed by atoms with Gasteiger partial charge in [0.25, 0.3) is 0 Å². The zero-order valence-electron chi connectivity index (χ0n) is 25.2. The molecule has 10 nitrogen and oxygen atoms in total. The van der Waals surface area contributed by atoms with Crippen LogP contribution < -0.4 is 20.0 Å². The molecular weight excluding hydrogens is 508 g/mol. The number of hydrogen-bond donors (Lipinski definition) is 1. The molecule has 3 heterocycles. The number of ketones is 1. The lowest BCUT2D eigenvalue weighted by molar-refractivity contribution is 0.0965. The zero-order chi connectivity index (χ0) is 29.2. The molecule has 1 aliphatic rings. The van der Waals surface area contributed by atoms with Crippen molar-refractivity contribution < 1.29 is 19.0 Å². The number of hydrogen-bond acceptors (Lipinski definition) is 8. The third-order valence-electron chi connectivity index (χ3n) is 7.47. The molecule has 0 spiro atoms. The van der Waals surface area contributed by atoms with E-state index in [-0.39, 0.29) is 35.4 Å². The molecule has 218 valence electrons. The summed E-state index contributed by atoms with van der Waals surface area (Å²) in [5.74, 6) is 1.32. The van der Waals surface area contributed by atoms with Crippen LogP contribution in [-0.2, 0) is 16.7 Å². The predicted molar refractivity (Wildman–Crippen MR) is 155 cm³/mol. The molecule has 4 rings (SSSR count). The molecular formula is C30H44N6O4. The topological polar surface area (TPSA) is 107 Å². The van der Waals surface area contributed by atoms with E-state index in [1.807, 2.05) is 18.2 Å². The maximum absolute atomic E-state index is 13.7. The van der Waals surface area contributed by atoms with Gasteiger partial charge in [0.1, 0.15) is 12.3 Å². The van der Waals surface area contributed by atoms with Gasteiger partial charge in [0.05, 0.1) is 32.1 Å². The highest BCUT2D eigenvalue weighted by molar-refractivity contribution is 5.97. The van der Waals surface area contributed by atoms with Crippen LogP contribution in [0, 0.1) is 5.41 Å². The lowest BCUT2D eigenvalue weighted by atomic mass is 9.84. The molecule has 1 aliphatic heterocycles. The van der Waals surface area contributed by atoms with Gasteiger partial charge in [-0.15, -0.1) is 10.2 Å². The molecule has 40 heavy (non-hydrogen) atoms. The van der Waals surface area contributed by atoms with Gasteiger partial charge >= 0.3 is 0 Å². The van der Waals surface area contributed by atoms with Crippen molar-refractivity contribution in [3.63, 3.8) is 0 Å². The second-order valence-electron chi connectivity index (χ2n) is 11.7. The number of anilines is 1. The Bertz CT molecular complexity index is 1410. The molecule has 2 aromatic heterocycles. The first-order chi connectivity index (χ1) is 19.0. The van der Waals surface area contributed by atoms with Crippen LogP contribution in [0.25, 0.3) is 5.65 Å². The van der Waals surface area contributed by atoms with E-state index in [2.05, 4.69) is 63.6 Å². The third-order valence-corrected chi connectivity index (χ3v) is 7.47. The molecule has 0 radical (unpaired) electrons. The van der Waals surface area contributed by atoms with E-state index in [9.17, 15) is 4.79 Å². The highest BCUT2D eigenvalue weighted by Gasteiger charge is 2.27. The van der Waals surface area contributed by atoms with Crippen LogP contribution >= 0.6 is 0 Å². The first-order valence-corrected chi connectivity index (χ1v) is 14.3. The summed E-state index contributed by atoms with van der Waals surface area (Å²) < 4.78 is 20.5. The average molecular weight is 553 g/mol. The minimum absolute atomic E-state index is 0.0195. The quantitative estimate of drug-likeness (QED) is 0.363. The maximum Gasteiger partial charge on any atom is 0.242 e. The number of ether oxygens (including phenoxy) is 3. The molecule has 1 fully saturated rings. The van der Waals surface area contributed by atoms with E-state index in [0.29, 0.717) is 30.3 Å². The molecule has 3 aromatic rings. The van der Waals surface area contributed by atoms with Crippen LogP contribution in [-0.4, -0.2) is 64.7 Å². The van der Waals surface area contributed by atoms with E-state index < -0.39 is 0 Å². The molecule has 0 saturated carbocycles. The minimum atomic E-state index is -0.248. The Morgan fingerprint density at radius 2 is 1.77 bits per heavy atom. The Balaban J connectivity index is 1.74. The van der Waals surface area contributed by atoms with Crippen molar-refractivity contribution in [3.05, 3.63) is 40.5 Å². The van der Waals surface area contributed by atoms with Gasteiger partial charge in [0.15, 0.2) is 11.4 Å². The van der Waals surface area contributed by atoms with Gasteiger partial charge in [-0.1, -0.05) is 48.5 Å².